The molecule has 1 aromatic carbocycles. The summed E-state index contributed by atoms with van der Waals surface area (Å²) in [6.07, 6.45) is 0.416. The van der Waals surface area contributed by atoms with Crippen LogP contribution in [0.5, 0.6) is 5.75 Å². The van der Waals surface area contributed by atoms with Crippen LogP contribution in [0.25, 0.3) is 0 Å². The summed E-state index contributed by atoms with van der Waals surface area (Å²) < 4.78 is 10.1. The average molecular weight is 296 g/mol. The first kappa shape index (κ1) is 16.9. The van der Waals surface area contributed by atoms with Crippen LogP contribution in [0, 0.1) is 0 Å². The molecule has 2 amide bonds. The lowest BCUT2D eigenvalue weighted by Gasteiger charge is -2.16. The van der Waals surface area contributed by atoms with Crippen molar-refractivity contribution in [1.82, 2.24) is 5.32 Å². The van der Waals surface area contributed by atoms with E-state index >= 15 is 0 Å². The molecule has 1 unspecified atom stereocenters. The monoisotopic (exact) mass is 296 g/mol. The first-order chi connectivity index (χ1) is 10.1. The summed E-state index contributed by atoms with van der Waals surface area (Å²) in [4.78, 5) is 22.6. The number of methoxy groups -OCH3 is 1. The van der Waals surface area contributed by atoms with Crippen molar-refractivity contribution in [3.8, 4) is 5.75 Å². The molecule has 0 aromatic heterocycles. The molecule has 1 atom stereocenters. The van der Waals surface area contributed by atoms with Gasteiger partial charge in [0.25, 0.3) is 11.8 Å². The van der Waals surface area contributed by atoms with Gasteiger partial charge in [-0.2, -0.15) is 0 Å². The fourth-order valence-electron chi connectivity index (χ4n) is 1.68. The van der Waals surface area contributed by atoms with Crippen LogP contribution in [0.4, 0.5) is 0 Å². The molecule has 4 N–H and O–H groups in total. The number of nitrogens with two attached hydrogens (primary N) is 1. The molecule has 7 heteroatoms. The Kier molecular flexibility index (Phi) is 7.20. The van der Waals surface area contributed by atoms with Gasteiger partial charge in [0.2, 0.25) is 0 Å². The largest absolute Gasteiger partial charge is 0.484 e. The van der Waals surface area contributed by atoms with Crippen LogP contribution in [0.3, 0.4) is 0 Å². The topological polar surface area (TPSA) is 111 Å². The van der Waals surface area contributed by atoms with Gasteiger partial charge >= 0.3 is 0 Å². The summed E-state index contributed by atoms with van der Waals surface area (Å²) in [5.74, 6) is -0.385. The van der Waals surface area contributed by atoms with Gasteiger partial charge in [-0.3, -0.25) is 9.59 Å². The second kappa shape index (κ2) is 8.93. The van der Waals surface area contributed by atoms with E-state index in [1.165, 1.54) is 7.11 Å². The zero-order valence-corrected chi connectivity index (χ0v) is 11.9. The molecule has 0 bridgehead atoms. The highest BCUT2D eigenvalue weighted by Crippen LogP contribution is 2.12. The summed E-state index contributed by atoms with van der Waals surface area (Å²) in [6.45, 7) is 0.0816. The summed E-state index contributed by atoms with van der Waals surface area (Å²) >= 11 is 0. The SMILES string of the molecule is COCC(CCO)NC(=O)c1ccc(OCC(N)=O)cc1. The molecule has 0 saturated heterocycles. The van der Waals surface area contributed by atoms with Crippen molar-refractivity contribution in [3.05, 3.63) is 29.8 Å². The van der Waals surface area contributed by atoms with Gasteiger partial charge in [0.1, 0.15) is 5.75 Å². The van der Waals surface area contributed by atoms with Gasteiger partial charge in [0.15, 0.2) is 6.61 Å². The van der Waals surface area contributed by atoms with Crippen molar-refractivity contribution in [2.75, 3.05) is 26.9 Å². The van der Waals surface area contributed by atoms with Crippen LogP contribution in [0.2, 0.25) is 0 Å². The fourth-order valence-corrected chi connectivity index (χ4v) is 1.68. The molecule has 0 radical (unpaired) electrons. The zero-order valence-electron chi connectivity index (χ0n) is 11.9. The number of rotatable bonds is 9. The van der Waals surface area contributed by atoms with E-state index in [0.717, 1.165) is 0 Å². The van der Waals surface area contributed by atoms with Crippen molar-refractivity contribution >= 4 is 11.8 Å². The second-order valence-corrected chi connectivity index (χ2v) is 4.42. The summed E-state index contributed by atoms with van der Waals surface area (Å²) in [6, 6.07) is 6.06. The normalized spacial score (nSPS) is 11.7. The first-order valence-electron chi connectivity index (χ1n) is 6.48. The maximum atomic E-state index is 12.0. The van der Waals surface area contributed by atoms with Gasteiger partial charge in [-0.25, -0.2) is 0 Å². The number of benzene rings is 1. The van der Waals surface area contributed by atoms with Gasteiger partial charge in [-0.15, -0.1) is 0 Å². The third kappa shape index (κ3) is 6.24. The maximum Gasteiger partial charge on any atom is 0.255 e. The van der Waals surface area contributed by atoms with Crippen LogP contribution in [0.1, 0.15) is 16.8 Å². The lowest BCUT2D eigenvalue weighted by atomic mass is 10.1. The van der Waals surface area contributed by atoms with Crippen molar-refractivity contribution < 1.29 is 24.2 Å². The molecular weight excluding hydrogens is 276 g/mol. The molecule has 0 heterocycles. The van der Waals surface area contributed by atoms with Gasteiger partial charge in [-0.05, 0) is 30.7 Å². The smallest absolute Gasteiger partial charge is 0.255 e. The molecule has 0 aliphatic carbocycles. The quantitative estimate of drug-likeness (QED) is 0.578. The van der Waals surface area contributed by atoms with Gasteiger partial charge in [-0.1, -0.05) is 0 Å². The Labute approximate surface area is 123 Å². The predicted molar refractivity (Wildman–Crippen MR) is 76.0 cm³/mol. The van der Waals surface area contributed by atoms with Crippen LogP contribution in [0.15, 0.2) is 24.3 Å². The number of amides is 2. The third-order valence-corrected chi connectivity index (χ3v) is 2.68. The standard InChI is InChI=1S/C14H20N2O5/c1-20-8-11(6-7-17)16-14(19)10-2-4-12(5-3-10)21-9-13(15)18/h2-5,11,17H,6-9H2,1H3,(H2,15,18)(H,16,19). The Hall–Kier alpha value is -2.12. The van der Waals surface area contributed by atoms with Gasteiger partial charge in [0.05, 0.1) is 12.6 Å². The highest BCUT2D eigenvalue weighted by Gasteiger charge is 2.13. The Morgan fingerprint density at radius 1 is 1.33 bits per heavy atom. The number of aliphatic hydroxyl groups excluding tert-OH is 1. The summed E-state index contributed by atoms with van der Waals surface area (Å²) in [7, 11) is 1.53. The van der Waals surface area contributed by atoms with Crippen molar-refractivity contribution in [2.45, 2.75) is 12.5 Å². The Morgan fingerprint density at radius 2 is 2.00 bits per heavy atom. The summed E-state index contributed by atoms with van der Waals surface area (Å²) in [5, 5.41) is 11.7. The summed E-state index contributed by atoms with van der Waals surface area (Å²) in [5.41, 5.74) is 5.41. The highest BCUT2D eigenvalue weighted by atomic mass is 16.5. The molecular formula is C14H20N2O5. The molecule has 21 heavy (non-hydrogen) atoms. The van der Waals surface area contributed by atoms with E-state index in [4.69, 9.17) is 20.3 Å². The molecule has 0 spiro atoms. The third-order valence-electron chi connectivity index (χ3n) is 2.68. The second-order valence-electron chi connectivity index (χ2n) is 4.42. The van der Waals surface area contributed by atoms with Gasteiger partial charge in [0, 0.05) is 19.3 Å². The highest BCUT2D eigenvalue weighted by molar-refractivity contribution is 5.94. The molecule has 1 rings (SSSR count). The first-order valence-corrected chi connectivity index (χ1v) is 6.48. The lowest BCUT2D eigenvalue weighted by molar-refractivity contribution is -0.119. The number of hydrogen-bond donors (Lipinski definition) is 3. The van der Waals surface area contributed by atoms with E-state index < -0.39 is 5.91 Å². The number of carbonyl (C=O) groups is 2. The number of aliphatic hydroxyl groups is 1. The average Bonchev–Trinajstić information content (AvgIpc) is 2.46. The fraction of sp³-hybridized carbons (Fsp3) is 0.429. The van der Waals surface area contributed by atoms with E-state index in [0.29, 0.717) is 24.3 Å². The number of primary amides is 1. The molecule has 0 saturated carbocycles. The van der Waals surface area contributed by atoms with E-state index in [9.17, 15) is 9.59 Å². The molecule has 1 aromatic rings. The Balaban J connectivity index is 2.59. The molecule has 116 valence electrons. The lowest BCUT2D eigenvalue weighted by Crippen LogP contribution is -2.38. The van der Waals surface area contributed by atoms with E-state index in [1.54, 1.807) is 24.3 Å². The molecule has 0 aliphatic rings. The number of ether oxygens (including phenoxy) is 2. The number of carbonyl (C=O) groups excluding carboxylic acids is 2. The van der Waals surface area contributed by atoms with Crippen LogP contribution >= 0.6 is 0 Å². The van der Waals surface area contributed by atoms with Crippen molar-refractivity contribution in [3.63, 3.8) is 0 Å². The molecule has 0 aliphatic heterocycles. The van der Waals surface area contributed by atoms with Crippen LogP contribution < -0.4 is 15.8 Å². The minimum Gasteiger partial charge on any atom is -0.484 e. The number of hydrogen-bond acceptors (Lipinski definition) is 5. The minimum atomic E-state index is -0.566. The predicted octanol–water partition coefficient (Wildman–Crippen LogP) is -0.322. The van der Waals surface area contributed by atoms with Crippen molar-refractivity contribution in [2.24, 2.45) is 5.73 Å². The Morgan fingerprint density at radius 3 is 2.52 bits per heavy atom. The van der Waals surface area contributed by atoms with E-state index in [1.807, 2.05) is 0 Å². The van der Waals surface area contributed by atoms with Crippen LogP contribution in [-0.2, 0) is 9.53 Å². The maximum absolute atomic E-state index is 12.0. The minimum absolute atomic E-state index is 0.0335. The zero-order chi connectivity index (χ0) is 15.7. The Bertz CT molecular complexity index is 455. The number of nitrogens with one attached hydrogen (secondary N) is 1. The molecule has 7 nitrogen and oxygen atoms in total. The van der Waals surface area contributed by atoms with Crippen molar-refractivity contribution in [1.29, 1.82) is 0 Å². The van der Waals surface area contributed by atoms with E-state index in [-0.39, 0.29) is 25.2 Å². The van der Waals surface area contributed by atoms with Gasteiger partial charge < -0.3 is 25.6 Å². The van der Waals surface area contributed by atoms with E-state index in [2.05, 4.69) is 5.32 Å². The van der Waals surface area contributed by atoms with Crippen LogP contribution in [-0.4, -0.2) is 49.9 Å². The molecule has 0 fully saturated rings.